The van der Waals surface area contributed by atoms with Gasteiger partial charge in [0.25, 0.3) is 0 Å². The fraction of sp³-hybridized carbons (Fsp3) is 0.622. The van der Waals surface area contributed by atoms with Crippen LogP contribution in [0.25, 0.3) is 0 Å². The third kappa shape index (κ3) is 14.5. The molecular formula is C37H55ClNO2. The third-order valence-electron chi connectivity index (χ3n) is 8.46. The maximum absolute atomic E-state index is 12.5. The summed E-state index contributed by atoms with van der Waals surface area (Å²) in [5.74, 6) is 3.02. The normalized spacial score (nSPS) is 14.4. The number of carbonyl (C=O) groups excluding carboxylic acids is 2. The van der Waals surface area contributed by atoms with E-state index in [0.717, 1.165) is 41.7 Å². The molecule has 0 bridgehead atoms. The van der Waals surface area contributed by atoms with Crippen molar-refractivity contribution in [3.05, 3.63) is 70.2 Å². The molecule has 1 N–H and O–H groups in total. The van der Waals surface area contributed by atoms with Crippen molar-refractivity contribution in [2.24, 2.45) is 23.7 Å². The Balaban J connectivity index is 1.82. The van der Waals surface area contributed by atoms with Gasteiger partial charge in [-0.25, -0.2) is 0 Å². The van der Waals surface area contributed by atoms with Crippen LogP contribution in [-0.4, -0.2) is 12.2 Å². The van der Waals surface area contributed by atoms with Crippen LogP contribution in [0.3, 0.4) is 0 Å². The van der Waals surface area contributed by atoms with Crippen LogP contribution in [0.5, 0.6) is 0 Å². The van der Waals surface area contributed by atoms with Crippen molar-refractivity contribution in [1.29, 1.82) is 0 Å². The van der Waals surface area contributed by atoms with Crippen LogP contribution in [-0.2, 0) is 16.0 Å². The lowest BCUT2D eigenvalue weighted by Crippen LogP contribution is -2.29. The highest BCUT2D eigenvalue weighted by atomic mass is 35.5. The van der Waals surface area contributed by atoms with Gasteiger partial charge in [-0.1, -0.05) is 146 Å². The van der Waals surface area contributed by atoms with E-state index >= 15 is 0 Å². The zero-order valence-corrected chi connectivity index (χ0v) is 27.1. The Morgan fingerprint density at radius 2 is 1.34 bits per heavy atom. The number of halogens is 1. The third-order valence-corrected chi connectivity index (χ3v) is 8.80. The van der Waals surface area contributed by atoms with Gasteiger partial charge < -0.3 is 5.32 Å². The highest BCUT2D eigenvalue weighted by molar-refractivity contribution is 6.31. The summed E-state index contributed by atoms with van der Waals surface area (Å²) in [7, 11) is 0. The topological polar surface area (TPSA) is 46.2 Å². The van der Waals surface area contributed by atoms with Crippen molar-refractivity contribution in [3.63, 3.8) is 0 Å². The number of hydrogen-bond donors (Lipinski definition) is 1. The highest BCUT2D eigenvalue weighted by Gasteiger charge is 2.20. The molecule has 0 saturated heterocycles. The van der Waals surface area contributed by atoms with Gasteiger partial charge in [-0.2, -0.15) is 0 Å². The van der Waals surface area contributed by atoms with Crippen LogP contribution in [0.2, 0.25) is 5.02 Å². The fourth-order valence-corrected chi connectivity index (χ4v) is 5.93. The molecule has 0 aliphatic rings. The van der Waals surface area contributed by atoms with E-state index in [0.29, 0.717) is 10.9 Å². The number of amides is 1. The van der Waals surface area contributed by atoms with Crippen LogP contribution < -0.4 is 5.32 Å². The summed E-state index contributed by atoms with van der Waals surface area (Å²) in [6.45, 7) is 11.9. The van der Waals surface area contributed by atoms with Crippen LogP contribution in [0.4, 0.5) is 0 Å². The summed E-state index contributed by atoms with van der Waals surface area (Å²) in [6.07, 6.45) is 16.3. The van der Waals surface area contributed by atoms with E-state index in [1.165, 1.54) is 63.4 Å². The van der Waals surface area contributed by atoms with Gasteiger partial charge in [0.05, 0.1) is 6.04 Å². The SMILES string of the molecule is CC(C)CCC[C@@H](C)CCC[C@@H](C)CCCC(C)CCc1ccc(Cl)c(C(NC(=O)CC[C]=O)c2ccccc2)c1. The number of carbonyl (C=O) groups is 1. The summed E-state index contributed by atoms with van der Waals surface area (Å²) in [4.78, 5) is 23.2. The van der Waals surface area contributed by atoms with Crippen molar-refractivity contribution in [2.45, 2.75) is 124 Å². The number of rotatable bonds is 21. The lowest BCUT2D eigenvalue weighted by molar-refractivity contribution is -0.121. The minimum absolute atomic E-state index is 0.0928. The van der Waals surface area contributed by atoms with Crippen molar-refractivity contribution in [2.75, 3.05) is 0 Å². The molecule has 2 rings (SSSR count). The van der Waals surface area contributed by atoms with Crippen LogP contribution in [0, 0.1) is 23.7 Å². The van der Waals surface area contributed by atoms with E-state index in [1.807, 2.05) is 36.4 Å². The average molecular weight is 581 g/mol. The second-order valence-electron chi connectivity index (χ2n) is 13.0. The molecule has 41 heavy (non-hydrogen) atoms. The second kappa shape index (κ2) is 19.9. The zero-order valence-electron chi connectivity index (χ0n) is 26.4. The molecule has 0 heterocycles. The predicted octanol–water partition coefficient (Wildman–Crippen LogP) is 10.4. The standard InChI is InChI=1S/C37H55ClNO2/c1-28(2)13-9-14-29(3)15-10-16-30(4)17-11-18-31(5)22-23-32-24-25-35(38)34(27-32)37(33-19-7-6-8-20-33)39-36(41)21-12-26-40/h6-8,19-20,24-25,27-31,37H,9-18,21-23H2,1-5H3,(H,39,41)/t29-,30-,31?,37?/m1/s1. The second-order valence-corrected chi connectivity index (χ2v) is 13.4. The van der Waals surface area contributed by atoms with E-state index in [-0.39, 0.29) is 24.8 Å². The molecule has 0 fully saturated rings. The Morgan fingerprint density at radius 1 is 0.780 bits per heavy atom. The van der Waals surface area contributed by atoms with Crippen molar-refractivity contribution in [1.82, 2.24) is 5.32 Å². The molecule has 4 atom stereocenters. The molecule has 3 nitrogen and oxygen atoms in total. The number of benzene rings is 2. The number of aryl methyl sites for hydroxylation is 1. The maximum Gasteiger partial charge on any atom is 0.221 e. The van der Waals surface area contributed by atoms with E-state index in [2.05, 4.69) is 52.1 Å². The fourth-order valence-electron chi connectivity index (χ4n) is 5.70. The predicted molar refractivity (Wildman–Crippen MR) is 175 cm³/mol. The monoisotopic (exact) mass is 580 g/mol. The summed E-state index contributed by atoms with van der Waals surface area (Å²) >= 11 is 6.66. The molecular weight excluding hydrogens is 526 g/mol. The van der Waals surface area contributed by atoms with Gasteiger partial charge in [-0.3, -0.25) is 9.59 Å². The summed E-state index contributed by atoms with van der Waals surface area (Å²) < 4.78 is 0. The van der Waals surface area contributed by atoms with Gasteiger partial charge in [0.1, 0.15) is 0 Å². The Hall–Kier alpha value is -2.13. The maximum atomic E-state index is 12.5. The van der Waals surface area contributed by atoms with Crippen molar-refractivity contribution in [3.8, 4) is 0 Å². The van der Waals surface area contributed by atoms with E-state index in [4.69, 9.17) is 11.6 Å². The first kappa shape index (κ1) is 35.1. The first-order valence-corrected chi connectivity index (χ1v) is 16.5. The smallest absolute Gasteiger partial charge is 0.221 e. The van der Waals surface area contributed by atoms with Gasteiger partial charge in [0.2, 0.25) is 5.91 Å². The summed E-state index contributed by atoms with van der Waals surface area (Å²) in [5, 5.41) is 3.72. The minimum Gasteiger partial charge on any atom is -0.345 e. The van der Waals surface area contributed by atoms with E-state index in [1.54, 1.807) is 6.29 Å². The van der Waals surface area contributed by atoms with Gasteiger partial charge >= 0.3 is 0 Å². The van der Waals surface area contributed by atoms with E-state index < -0.39 is 0 Å². The Labute approximate surface area is 256 Å². The van der Waals surface area contributed by atoms with Crippen LogP contribution in [0.15, 0.2) is 48.5 Å². The number of hydrogen-bond acceptors (Lipinski definition) is 2. The van der Waals surface area contributed by atoms with E-state index in [9.17, 15) is 9.59 Å². The Morgan fingerprint density at radius 3 is 1.90 bits per heavy atom. The molecule has 0 aliphatic carbocycles. The van der Waals surface area contributed by atoms with Crippen LogP contribution in [0.1, 0.15) is 134 Å². The largest absolute Gasteiger partial charge is 0.345 e. The first-order valence-electron chi connectivity index (χ1n) is 16.2. The molecule has 227 valence electrons. The molecule has 1 amide bonds. The lowest BCUT2D eigenvalue weighted by Gasteiger charge is -2.22. The molecule has 2 unspecified atom stereocenters. The van der Waals surface area contributed by atoms with Crippen LogP contribution >= 0.6 is 11.6 Å². The molecule has 0 aromatic heterocycles. The summed E-state index contributed by atoms with van der Waals surface area (Å²) in [6, 6.07) is 15.7. The average Bonchev–Trinajstić information content (AvgIpc) is 2.94. The zero-order chi connectivity index (χ0) is 30.0. The molecule has 1 radical (unpaired) electrons. The number of nitrogens with one attached hydrogen (secondary N) is 1. The molecule has 0 saturated carbocycles. The van der Waals surface area contributed by atoms with Crippen molar-refractivity contribution >= 4 is 23.8 Å². The molecule has 0 aliphatic heterocycles. The minimum atomic E-state index is -0.357. The Kier molecular flexibility index (Phi) is 17.0. The first-order chi connectivity index (χ1) is 19.7. The van der Waals surface area contributed by atoms with Crippen molar-refractivity contribution < 1.29 is 9.59 Å². The molecule has 0 spiro atoms. The molecule has 4 heteroatoms. The lowest BCUT2D eigenvalue weighted by atomic mass is 9.90. The molecule has 2 aromatic carbocycles. The molecule has 2 aromatic rings. The quantitative estimate of drug-likeness (QED) is 0.160. The Bertz CT molecular complexity index is 1010. The highest BCUT2D eigenvalue weighted by Crippen LogP contribution is 2.31. The summed E-state index contributed by atoms with van der Waals surface area (Å²) in [5.41, 5.74) is 3.11. The van der Waals surface area contributed by atoms with Gasteiger partial charge in [0, 0.05) is 17.9 Å². The van der Waals surface area contributed by atoms with Gasteiger partial charge in [0.15, 0.2) is 6.29 Å². The van der Waals surface area contributed by atoms with Gasteiger partial charge in [-0.05, 0) is 59.3 Å². The van der Waals surface area contributed by atoms with Gasteiger partial charge in [-0.15, -0.1) is 0 Å².